The summed E-state index contributed by atoms with van der Waals surface area (Å²) >= 11 is 6.05. The van der Waals surface area contributed by atoms with Crippen LogP contribution in [0.1, 0.15) is 32.3 Å². The lowest BCUT2D eigenvalue weighted by molar-refractivity contribution is 0.170. The van der Waals surface area contributed by atoms with E-state index < -0.39 is 0 Å². The average molecular weight is 242 g/mol. The van der Waals surface area contributed by atoms with Crippen molar-refractivity contribution in [2.45, 2.75) is 32.8 Å². The van der Waals surface area contributed by atoms with E-state index in [2.05, 4.69) is 0 Å². The van der Waals surface area contributed by atoms with Crippen LogP contribution in [0.3, 0.4) is 0 Å². The van der Waals surface area contributed by atoms with Gasteiger partial charge in [-0.05, 0) is 43.9 Å². The van der Waals surface area contributed by atoms with Gasteiger partial charge >= 0.3 is 0 Å². The summed E-state index contributed by atoms with van der Waals surface area (Å²) in [4.78, 5) is 0. The minimum Gasteiger partial charge on any atom is -0.492 e. The lowest BCUT2D eigenvalue weighted by atomic mass is 10.1. The van der Waals surface area contributed by atoms with Crippen LogP contribution in [0.15, 0.2) is 18.2 Å². The van der Waals surface area contributed by atoms with E-state index in [0.29, 0.717) is 23.8 Å². The molecular weight excluding hydrogens is 224 g/mol. The smallest absolute Gasteiger partial charge is 0.137 e. The molecule has 1 aromatic carbocycles. The number of halogens is 1. The van der Waals surface area contributed by atoms with E-state index in [1.807, 2.05) is 38.5 Å². The van der Waals surface area contributed by atoms with Crippen LogP contribution in [0.2, 0.25) is 5.02 Å². The van der Waals surface area contributed by atoms with Gasteiger partial charge in [-0.2, -0.15) is 0 Å². The summed E-state index contributed by atoms with van der Waals surface area (Å²) in [6.07, 6.45) is 3.13. The van der Waals surface area contributed by atoms with E-state index in [0.717, 1.165) is 12.0 Å². The van der Waals surface area contributed by atoms with Crippen LogP contribution in [-0.2, 0) is 0 Å². The second-order valence-corrected chi connectivity index (χ2v) is 4.03. The Hall–Kier alpha value is -0.730. The van der Waals surface area contributed by atoms with E-state index in [4.69, 9.17) is 16.3 Å². The zero-order valence-electron chi connectivity index (χ0n) is 9.74. The molecule has 1 radical (unpaired) electrons. The van der Waals surface area contributed by atoms with Gasteiger partial charge in [-0.25, -0.2) is 0 Å². The molecule has 0 amide bonds. The van der Waals surface area contributed by atoms with Crippen LogP contribution in [0.4, 0.5) is 0 Å². The van der Waals surface area contributed by atoms with Crippen LogP contribution in [0.25, 0.3) is 0 Å². The molecule has 0 fully saturated rings. The SMILES string of the molecule is CCOc1ccc([CH]CC(O)CC)cc1Cl. The van der Waals surface area contributed by atoms with Gasteiger partial charge in [-0.15, -0.1) is 0 Å². The molecule has 0 heterocycles. The molecule has 16 heavy (non-hydrogen) atoms. The summed E-state index contributed by atoms with van der Waals surface area (Å²) in [5, 5.41) is 10.1. The van der Waals surface area contributed by atoms with Crippen molar-refractivity contribution in [3.8, 4) is 5.75 Å². The van der Waals surface area contributed by atoms with E-state index in [1.165, 1.54) is 0 Å². The van der Waals surface area contributed by atoms with Gasteiger partial charge in [-0.3, -0.25) is 0 Å². The topological polar surface area (TPSA) is 29.5 Å². The van der Waals surface area contributed by atoms with Crippen molar-refractivity contribution in [3.63, 3.8) is 0 Å². The Morgan fingerprint density at radius 1 is 1.44 bits per heavy atom. The summed E-state index contributed by atoms with van der Waals surface area (Å²) in [5.74, 6) is 0.706. The standard InChI is InChI=1S/C13H18ClO2/c1-3-11(15)7-5-10-6-8-13(16-4-2)12(14)9-10/h5-6,8-9,11,15H,3-4,7H2,1-2H3. The maximum atomic E-state index is 9.44. The van der Waals surface area contributed by atoms with Crippen LogP contribution in [0.5, 0.6) is 5.75 Å². The van der Waals surface area contributed by atoms with Crippen molar-refractivity contribution < 1.29 is 9.84 Å². The fourth-order valence-electron chi connectivity index (χ4n) is 1.36. The second-order valence-electron chi connectivity index (χ2n) is 3.62. The lowest BCUT2D eigenvalue weighted by Gasteiger charge is -2.09. The number of benzene rings is 1. The van der Waals surface area contributed by atoms with E-state index in [-0.39, 0.29) is 6.10 Å². The van der Waals surface area contributed by atoms with Gasteiger partial charge in [0, 0.05) is 0 Å². The Balaban J connectivity index is 2.59. The fourth-order valence-corrected chi connectivity index (χ4v) is 1.60. The molecule has 2 nitrogen and oxygen atoms in total. The van der Waals surface area contributed by atoms with Gasteiger partial charge in [-0.1, -0.05) is 24.6 Å². The van der Waals surface area contributed by atoms with E-state index >= 15 is 0 Å². The van der Waals surface area contributed by atoms with Crippen molar-refractivity contribution in [1.82, 2.24) is 0 Å². The van der Waals surface area contributed by atoms with Crippen molar-refractivity contribution >= 4 is 11.6 Å². The second kappa shape index (κ2) is 6.77. The first-order chi connectivity index (χ1) is 7.67. The molecule has 1 aromatic rings. The number of hydrogen-bond acceptors (Lipinski definition) is 2. The number of aliphatic hydroxyl groups is 1. The van der Waals surface area contributed by atoms with Crippen molar-refractivity contribution in [2.75, 3.05) is 6.61 Å². The predicted octanol–water partition coefficient (Wildman–Crippen LogP) is 3.45. The normalized spacial score (nSPS) is 12.5. The minimum absolute atomic E-state index is 0.273. The van der Waals surface area contributed by atoms with E-state index in [1.54, 1.807) is 0 Å². The molecule has 1 atom stereocenters. The first kappa shape index (κ1) is 13.3. The highest BCUT2D eigenvalue weighted by molar-refractivity contribution is 6.32. The molecule has 3 heteroatoms. The molecule has 0 bridgehead atoms. The Morgan fingerprint density at radius 3 is 2.75 bits per heavy atom. The molecule has 89 valence electrons. The number of rotatable bonds is 6. The van der Waals surface area contributed by atoms with Crippen LogP contribution >= 0.6 is 11.6 Å². The summed E-state index contributed by atoms with van der Waals surface area (Å²) in [5.41, 5.74) is 1.01. The summed E-state index contributed by atoms with van der Waals surface area (Å²) in [6.45, 7) is 4.50. The number of ether oxygens (including phenoxy) is 1. The third-order valence-corrected chi connectivity index (χ3v) is 2.65. The maximum Gasteiger partial charge on any atom is 0.137 e. The first-order valence-corrected chi connectivity index (χ1v) is 5.98. The lowest BCUT2D eigenvalue weighted by Crippen LogP contribution is -2.04. The Labute approximate surface area is 102 Å². The molecule has 0 aromatic heterocycles. The Bertz CT molecular complexity index is 326. The highest BCUT2D eigenvalue weighted by Crippen LogP contribution is 2.26. The average Bonchev–Trinajstić information content (AvgIpc) is 2.29. The van der Waals surface area contributed by atoms with Gasteiger partial charge in [0.05, 0.1) is 17.7 Å². The first-order valence-electron chi connectivity index (χ1n) is 5.61. The molecule has 0 aliphatic heterocycles. The maximum absolute atomic E-state index is 9.44. The Kier molecular flexibility index (Phi) is 5.64. The molecular formula is C13H18ClO2. The highest BCUT2D eigenvalue weighted by Gasteiger charge is 2.05. The van der Waals surface area contributed by atoms with Gasteiger partial charge in [0.15, 0.2) is 0 Å². The molecule has 0 aliphatic carbocycles. The molecule has 1 rings (SSSR count). The zero-order chi connectivity index (χ0) is 12.0. The van der Waals surface area contributed by atoms with Crippen molar-refractivity contribution in [2.24, 2.45) is 0 Å². The van der Waals surface area contributed by atoms with Gasteiger partial charge in [0.1, 0.15) is 5.75 Å². The van der Waals surface area contributed by atoms with Crippen molar-refractivity contribution in [3.05, 3.63) is 35.2 Å². The van der Waals surface area contributed by atoms with Crippen LogP contribution < -0.4 is 4.74 Å². The number of hydrogen-bond donors (Lipinski definition) is 1. The molecule has 1 N–H and O–H groups in total. The molecule has 0 saturated heterocycles. The summed E-state index contributed by atoms with van der Waals surface area (Å²) in [7, 11) is 0. The molecule has 0 saturated carbocycles. The monoisotopic (exact) mass is 241 g/mol. The van der Waals surface area contributed by atoms with Crippen molar-refractivity contribution in [1.29, 1.82) is 0 Å². The van der Waals surface area contributed by atoms with E-state index in [9.17, 15) is 5.11 Å². The largest absolute Gasteiger partial charge is 0.492 e. The zero-order valence-corrected chi connectivity index (χ0v) is 10.5. The molecule has 0 spiro atoms. The van der Waals surface area contributed by atoms with Gasteiger partial charge < -0.3 is 9.84 Å². The highest BCUT2D eigenvalue weighted by atomic mass is 35.5. The minimum atomic E-state index is -0.273. The molecule has 0 aliphatic rings. The van der Waals surface area contributed by atoms with Crippen LogP contribution in [0, 0.1) is 6.42 Å². The summed E-state index contributed by atoms with van der Waals surface area (Å²) < 4.78 is 5.34. The fraction of sp³-hybridized carbons (Fsp3) is 0.462. The van der Waals surface area contributed by atoms with Gasteiger partial charge in [0.25, 0.3) is 0 Å². The quantitative estimate of drug-likeness (QED) is 0.827. The van der Waals surface area contributed by atoms with Gasteiger partial charge in [0.2, 0.25) is 0 Å². The predicted molar refractivity (Wildman–Crippen MR) is 66.9 cm³/mol. The third kappa shape index (κ3) is 4.03. The Morgan fingerprint density at radius 2 is 2.19 bits per heavy atom. The third-order valence-electron chi connectivity index (χ3n) is 2.35. The number of aliphatic hydroxyl groups excluding tert-OH is 1. The summed E-state index contributed by atoms with van der Waals surface area (Å²) in [6, 6.07) is 5.66. The van der Waals surface area contributed by atoms with Crippen LogP contribution in [-0.4, -0.2) is 17.8 Å². The molecule has 1 unspecified atom stereocenters.